The highest BCUT2D eigenvalue weighted by atomic mass is 16.5. The first kappa shape index (κ1) is 15.7. The first-order valence-electron chi connectivity index (χ1n) is 7.97. The molecule has 0 saturated heterocycles. The van der Waals surface area contributed by atoms with Gasteiger partial charge in [0, 0.05) is 18.8 Å². The number of nitrogens with zero attached hydrogens (tertiary/aromatic N) is 1. The average Bonchev–Trinajstić information content (AvgIpc) is 2.53. The van der Waals surface area contributed by atoms with Crippen LogP contribution in [0.3, 0.4) is 0 Å². The smallest absolute Gasteiger partial charge is 0.122 e. The molecule has 0 aliphatic heterocycles. The molecule has 0 aromatic heterocycles. The van der Waals surface area contributed by atoms with Crippen LogP contribution in [-0.4, -0.2) is 20.2 Å². The summed E-state index contributed by atoms with van der Waals surface area (Å²) in [5.41, 5.74) is 5.47. The number of aryl methyl sites for hydroxylation is 1. The second kappa shape index (κ2) is 7.35. The third-order valence-electron chi connectivity index (χ3n) is 4.27. The molecule has 0 bridgehead atoms. The molecular weight excluding hydrogens is 258 g/mol. The molecule has 1 aliphatic carbocycles. The summed E-state index contributed by atoms with van der Waals surface area (Å²) in [5, 5.41) is 0. The van der Waals surface area contributed by atoms with Crippen molar-refractivity contribution in [2.45, 2.75) is 40.0 Å². The summed E-state index contributed by atoms with van der Waals surface area (Å²) >= 11 is 0. The lowest BCUT2D eigenvalue weighted by atomic mass is 9.98. The van der Waals surface area contributed by atoms with Crippen LogP contribution in [0.25, 0.3) is 0 Å². The second-order valence-corrected chi connectivity index (χ2v) is 5.56. The van der Waals surface area contributed by atoms with Gasteiger partial charge in [0.1, 0.15) is 5.75 Å². The molecule has 0 amide bonds. The first-order chi connectivity index (χ1) is 10.2. The van der Waals surface area contributed by atoms with E-state index in [1.165, 1.54) is 35.2 Å². The molecular formula is C19H27NO. The summed E-state index contributed by atoms with van der Waals surface area (Å²) in [6.45, 7) is 8.63. The monoisotopic (exact) mass is 285 g/mol. The zero-order valence-electron chi connectivity index (χ0n) is 13.8. The van der Waals surface area contributed by atoms with E-state index in [9.17, 15) is 0 Å². The van der Waals surface area contributed by atoms with Crippen LogP contribution in [0.15, 0.2) is 41.5 Å². The van der Waals surface area contributed by atoms with Crippen LogP contribution in [0, 0.1) is 0 Å². The van der Waals surface area contributed by atoms with Crippen molar-refractivity contribution in [1.29, 1.82) is 0 Å². The number of anilines is 1. The maximum Gasteiger partial charge on any atom is 0.122 e. The number of ether oxygens (including phenoxy) is 1. The van der Waals surface area contributed by atoms with E-state index in [-0.39, 0.29) is 0 Å². The minimum absolute atomic E-state index is 0.991. The van der Waals surface area contributed by atoms with Gasteiger partial charge in [0.25, 0.3) is 0 Å². The number of likely N-dealkylation sites (N-methyl/N-ethyl adjacent to an activating group) is 1. The standard InChI is InChI=1S/C19H27NO/c1-5-16-13-18(11-12-19(16)21-4)20(6-2)14-17-10-8-7-9-15(17)3/h9-13H,5-8,14H2,1-4H3. The van der Waals surface area contributed by atoms with Crippen LogP contribution in [0.2, 0.25) is 0 Å². The van der Waals surface area contributed by atoms with Gasteiger partial charge in [-0.05, 0) is 62.4 Å². The van der Waals surface area contributed by atoms with E-state index >= 15 is 0 Å². The third kappa shape index (κ3) is 3.69. The lowest BCUT2D eigenvalue weighted by molar-refractivity contribution is 0.410. The van der Waals surface area contributed by atoms with Gasteiger partial charge in [0.15, 0.2) is 0 Å². The number of hydrogen-bond acceptors (Lipinski definition) is 2. The zero-order chi connectivity index (χ0) is 15.2. The maximum absolute atomic E-state index is 5.43. The molecule has 0 fully saturated rings. The fourth-order valence-electron chi connectivity index (χ4n) is 2.87. The Morgan fingerprint density at radius 2 is 1.90 bits per heavy atom. The molecule has 1 aliphatic rings. The fraction of sp³-hybridized carbons (Fsp3) is 0.474. The predicted octanol–water partition coefficient (Wildman–Crippen LogP) is 4.75. The van der Waals surface area contributed by atoms with Gasteiger partial charge in [-0.3, -0.25) is 0 Å². The molecule has 21 heavy (non-hydrogen) atoms. The molecule has 1 aromatic rings. The van der Waals surface area contributed by atoms with Gasteiger partial charge in [-0.2, -0.15) is 0 Å². The number of rotatable bonds is 6. The van der Waals surface area contributed by atoms with E-state index < -0.39 is 0 Å². The summed E-state index contributed by atoms with van der Waals surface area (Å²) < 4.78 is 5.43. The van der Waals surface area contributed by atoms with Gasteiger partial charge in [0.2, 0.25) is 0 Å². The van der Waals surface area contributed by atoms with Crippen molar-refractivity contribution >= 4 is 5.69 Å². The molecule has 2 heteroatoms. The molecule has 2 nitrogen and oxygen atoms in total. The molecule has 0 spiro atoms. The van der Waals surface area contributed by atoms with Crippen LogP contribution >= 0.6 is 0 Å². The summed E-state index contributed by atoms with van der Waals surface area (Å²) in [4.78, 5) is 2.44. The van der Waals surface area contributed by atoms with E-state index in [1.54, 1.807) is 7.11 Å². The molecule has 0 N–H and O–H groups in total. The van der Waals surface area contributed by atoms with Crippen molar-refractivity contribution in [1.82, 2.24) is 0 Å². The largest absolute Gasteiger partial charge is 0.496 e. The Balaban J connectivity index is 2.21. The van der Waals surface area contributed by atoms with Gasteiger partial charge in [-0.25, -0.2) is 0 Å². The van der Waals surface area contributed by atoms with Gasteiger partial charge < -0.3 is 9.64 Å². The normalized spacial score (nSPS) is 14.5. The minimum Gasteiger partial charge on any atom is -0.496 e. The molecule has 0 heterocycles. The number of hydrogen-bond donors (Lipinski definition) is 0. The van der Waals surface area contributed by atoms with Gasteiger partial charge in [-0.1, -0.05) is 24.6 Å². The topological polar surface area (TPSA) is 12.5 Å². The van der Waals surface area contributed by atoms with E-state index in [2.05, 4.69) is 56.0 Å². The Kier molecular flexibility index (Phi) is 5.49. The molecule has 0 unspecified atom stereocenters. The van der Waals surface area contributed by atoms with E-state index in [0.717, 1.165) is 25.3 Å². The Bertz CT molecular complexity index is 542. The number of methoxy groups -OCH3 is 1. The minimum atomic E-state index is 0.991. The zero-order valence-corrected chi connectivity index (χ0v) is 13.8. The third-order valence-corrected chi connectivity index (χ3v) is 4.27. The Morgan fingerprint density at radius 1 is 1.14 bits per heavy atom. The van der Waals surface area contributed by atoms with Crippen molar-refractivity contribution in [3.63, 3.8) is 0 Å². The molecule has 0 atom stereocenters. The summed E-state index contributed by atoms with van der Waals surface area (Å²) in [6, 6.07) is 6.53. The predicted molar refractivity (Wildman–Crippen MR) is 91.3 cm³/mol. The molecule has 114 valence electrons. The van der Waals surface area contributed by atoms with Crippen molar-refractivity contribution < 1.29 is 4.74 Å². The number of benzene rings is 1. The van der Waals surface area contributed by atoms with Crippen LogP contribution in [-0.2, 0) is 6.42 Å². The van der Waals surface area contributed by atoms with Crippen LogP contribution in [0.4, 0.5) is 5.69 Å². The van der Waals surface area contributed by atoms with Crippen LogP contribution in [0.1, 0.15) is 39.2 Å². The van der Waals surface area contributed by atoms with Crippen molar-refractivity contribution in [2.75, 3.05) is 25.1 Å². The fourth-order valence-corrected chi connectivity index (χ4v) is 2.87. The highest BCUT2D eigenvalue weighted by Gasteiger charge is 2.12. The summed E-state index contributed by atoms with van der Waals surface area (Å²) in [7, 11) is 1.74. The lowest BCUT2D eigenvalue weighted by Crippen LogP contribution is -2.26. The summed E-state index contributed by atoms with van der Waals surface area (Å²) in [5.74, 6) is 0.991. The highest BCUT2D eigenvalue weighted by Crippen LogP contribution is 2.27. The average molecular weight is 285 g/mol. The molecule has 2 rings (SSSR count). The molecule has 0 saturated carbocycles. The highest BCUT2D eigenvalue weighted by molar-refractivity contribution is 5.55. The Labute approximate surface area is 129 Å². The van der Waals surface area contributed by atoms with Crippen LogP contribution in [0.5, 0.6) is 5.75 Å². The van der Waals surface area contributed by atoms with E-state index in [1.807, 2.05) is 0 Å². The van der Waals surface area contributed by atoms with Gasteiger partial charge in [-0.15, -0.1) is 0 Å². The lowest BCUT2D eigenvalue weighted by Gasteiger charge is -2.27. The van der Waals surface area contributed by atoms with Gasteiger partial charge >= 0.3 is 0 Å². The van der Waals surface area contributed by atoms with Crippen molar-refractivity contribution in [3.05, 3.63) is 47.1 Å². The van der Waals surface area contributed by atoms with E-state index in [4.69, 9.17) is 4.74 Å². The van der Waals surface area contributed by atoms with Gasteiger partial charge in [0.05, 0.1) is 7.11 Å². The molecule has 0 radical (unpaired) electrons. The maximum atomic E-state index is 5.43. The van der Waals surface area contributed by atoms with E-state index in [0.29, 0.717) is 0 Å². The van der Waals surface area contributed by atoms with Crippen LogP contribution < -0.4 is 9.64 Å². The Morgan fingerprint density at radius 3 is 2.52 bits per heavy atom. The Hall–Kier alpha value is -1.70. The SMILES string of the molecule is CCc1cc(N(CC)CC2=CCCC=C2C)ccc1OC. The van der Waals surface area contributed by atoms with Crippen molar-refractivity contribution in [3.8, 4) is 5.75 Å². The summed E-state index contributed by atoms with van der Waals surface area (Å²) in [6.07, 6.45) is 8.10. The first-order valence-corrected chi connectivity index (χ1v) is 7.97. The second-order valence-electron chi connectivity index (χ2n) is 5.56. The molecule has 1 aromatic carbocycles. The quantitative estimate of drug-likeness (QED) is 0.748. The van der Waals surface area contributed by atoms with Crippen molar-refractivity contribution in [2.24, 2.45) is 0 Å². The number of allylic oxidation sites excluding steroid dienone is 2.